The zero-order chi connectivity index (χ0) is 17.8. The van der Waals surface area contributed by atoms with Crippen LogP contribution in [-0.4, -0.2) is 29.0 Å². The monoisotopic (exact) mass is 358 g/mol. The van der Waals surface area contributed by atoms with Gasteiger partial charge in [0.15, 0.2) is 0 Å². The third kappa shape index (κ3) is 3.82. The second-order valence-corrected chi connectivity index (χ2v) is 7.03. The van der Waals surface area contributed by atoms with Gasteiger partial charge in [0, 0.05) is 24.2 Å². The molecule has 0 atom stereocenters. The van der Waals surface area contributed by atoms with Crippen LogP contribution in [0.5, 0.6) is 5.75 Å². The zero-order valence-electron chi connectivity index (χ0n) is 14.2. The average molecular weight is 358 g/mol. The number of carbonyl (C=O) groups is 1. The number of phenols is 1. The molecular weight excluding hydrogens is 336 g/mol. The summed E-state index contributed by atoms with van der Waals surface area (Å²) in [7, 11) is 1.73. The Kier molecular flexibility index (Phi) is 5.33. The van der Waals surface area contributed by atoms with Crippen molar-refractivity contribution in [3.8, 4) is 17.0 Å². The minimum Gasteiger partial charge on any atom is -0.507 e. The number of aromatic nitrogens is 1. The molecule has 1 heterocycles. The number of primary amides is 1. The van der Waals surface area contributed by atoms with Crippen molar-refractivity contribution in [2.24, 2.45) is 21.7 Å². The number of rotatable bonds is 4. The van der Waals surface area contributed by atoms with E-state index in [1.165, 1.54) is 49.5 Å². The van der Waals surface area contributed by atoms with E-state index in [9.17, 15) is 9.90 Å². The second kappa shape index (κ2) is 7.65. The standard InChI is InChI=1S/C18H22N4O2S/c1-20-18-22(21-10-12-5-3-2-4-6-12)15(11-25-18)13-7-8-16(23)14(9-13)17(19)24/h7-12,23H,2-6H2,1H3,(H2,19,24)/b20-18?,21-10-. The highest BCUT2D eigenvalue weighted by Gasteiger charge is 2.14. The number of hydrogen-bond donors (Lipinski definition) is 2. The maximum Gasteiger partial charge on any atom is 0.252 e. The van der Waals surface area contributed by atoms with Crippen molar-refractivity contribution < 1.29 is 9.90 Å². The number of nitrogens with zero attached hydrogens (tertiary/aromatic N) is 3. The smallest absolute Gasteiger partial charge is 0.252 e. The molecule has 0 bridgehead atoms. The summed E-state index contributed by atoms with van der Waals surface area (Å²) in [5.41, 5.74) is 7.02. The van der Waals surface area contributed by atoms with Crippen molar-refractivity contribution in [3.63, 3.8) is 0 Å². The Morgan fingerprint density at radius 3 is 2.80 bits per heavy atom. The fraction of sp³-hybridized carbons (Fsp3) is 0.389. The Labute approximate surface area is 150 Å². The summed E-state index contributed by atoms with van der Waals surface area (Å²) in [5, 5.41) is 16.4. The Morgan fingerprint density at radius 2 is 2.12 bits per heavy atom. The van der Waals surface area contributed by atoms with E-state index in [1.807, 2.05) is 11.6 Å². The van der Waals surface area contributed by atoms with Crippen molar-refractivity contribution in [2.75, 3.05) is 7.05 Å². The van der Waals surface area contributed by atoms with E-state index in [0.29, 0.717) is 5.92 Å². The minimum absolute atomic E-state index is 0.0986. The molecule has 0 unspecified atom stereocenters. The molecule has 3 rings (SSSR count). The number of thiazole rings is 1. The molecule has 0 saturated heterocycles. The Balaban J connectivity index is 2.00. The first-order valence-electron chi connectivity index (χ1n) is 8.41. The fourth-order valence-electron chi connectivity index (χ4n) is 3.10. The molecule has 25 heavy (non-hydrogen) atoms. The lowest BCUT2D eigenvalue weighted by molar-refractivity contribution is 0.0998. The lowest BCUT2D eigenvalue weighted by atomic mass is 9.90. The molecule has 2 aromatic rings. The maximum absolute atomic E-state index is 11.5. The molecule has 0 spiro atoms. The average Bonchev–Trinajstić information content (AvgIpc) is 3.04. The summed E-state index contributed by atoms with van der Waals surface area (Å²) in [4.78, 5) is 16.5. The molecule has 1 aliphatic carbocycles. The molecular formula is C18H22N4O2S. The van der Waals surface area contributed by atoms with Crippen LogP contribution in [-0.2, 0) is 0 Å². The first-order chi connectivity index (χ1) is 12.1. The van der Waals surface area contributed by atoms with Gasteiger partial charge in [-0.25, -0.2) is 4.68 Å². The molecule has 1 aromatic carbocycles. The molecule has 1 fully saturated rings. The van der Waals surface area contributed by atoms with Crippen molar-refractivity contribution >= 4 is 23.5 Å². The van der Waals surface area contributed by atoms with Crippen molar-refractivity contribution in [2.45, 2.75) is 32.1 Å². The molecule has 1 aliphatic rings. The van der Waals surface area contributed by atoms with Crippen LogP contribution >= 0.6 is 11.3 Å². The highest BCUT2D eigenvalue weighted by molar-refractivity contribution is 7.07. The Morgan fingerprint density at radius 1 is 1.36 bits per heavy atom. The molecule has 6 nitrogen and oxygen atoms in total. The van der Waals surface area contributed by atoms with E-state index in [-0.39, 0.29) is 11.3 Å². The Hall–Kier alpha value is -2.41. The van der Waals surface area contributed by atoms with Crippen molar-refractivity contribution in [1.82, 2.24) is 4.68 Å². The quantitative estimate of drug-likeness (QED) is 0.822. The normalized spacial score (nSPS) is 16.6. The number of hydrogen-bond acceptors (Lipinski definition) is 5. The van der Waals surface area contributed by atoms with E-state index in [4.69, 9.17) is 5.73 Å². The third-order valence-electron chi connectivity index (χ3n) is 4.48. The van der Waals surface area contributed by atoms with Crippen molar-refractivity contribution in [1.29, 1.82) is 0 Å². The topological polar surface area (TPSA) is 93.0 Å². The van der Waals surface area contributed by atoms with E-state index in [0.717, 1.165) is 16.1 Å². The van der Waals surface area contributed by atoms with Crippen molar-refractivity contribution in [3.05, 3.63) is 33.9 Å². The van der Waals surface area contributed by atoms with Gasteiger partial charge in [0.1, 0.15) is 5.75 Å². The van der Waals surface area contributed by atoms with Crippen LogP contribution in [0.15, 0.2) is 33.7 Å². The van der Waals surface area contributed by atoms with Gasteiger partial charge in [-0.1, -0.05) is 19.3 Å². The van der Waals surface area contributed by atoms with Crippen LogP contribution in [0.4, 0.5) is 0 Å². The van der Waals surface area contributed by atoms with E-state index < -0.39 is 5.91 Å². The van der Waals surface area contributed by atoms with Crippen LogP contribution in [0, 0.1) is 5.92 Å². The number of benzene rings is 1. The third-order valence-corrected chi connectivity index (χ3v) is 5.38. The summed E-state index contributed by atoms with van der Waals surface area (Å²) < 4.78 is 1.79. The highest BCUT2D eigenvalue weighted by Crippen LogP contribution is 2.27. The molecule has 132 valence electrons. The van der Waals surface area contributed by atoms with Crippen LogP contribution in [0.2, 0.25) is 0 Å². The second-order valence-electron chi connectivity index (χ2n) is 6.20. The molecule has 1 saturated carbocycles. The lowest BCUT2D eigenvalue weighted by Gasteiger charge is -2.17. The fourth-order valence-corrected chi connectivity index (χ4v) is 3.90. The van der Waals surface area contributed by atoms with Gasteiger partial charge in [0.25, 0.3) is 5.91 Å². The van der Waals surface area contributed by atoms with Gasteiger partial charge in [0.05, 0.1) is 11.3 Å². The van der Waals surface area contributed by atoms with Gasteiger partial charge >= 0.3 is 0 Å². The maximum atomic E-state index is 11.5. The predicted molar refractivity (Wildman–Crippen MR) is 99.9 cm³/mol. The lowest BCUT2D eigenvalue weighted by Crippen LogP contribution is -2.15. The first kappa shape index (κ1) is 17.4. The van der Waals surface area contributed by atoms with Gasteiger partial charge in [-0.15, -0.1) is 11.3 Å². The molecule has 7 heteroatoms. The van der Waals surface area contributed by atoms with Crippen LogP contribution in [0.1, 0.15) is 42.5 Å². The van der Waals surface area contributed by atoms with Crippen LogP contribution < -0.4 is 10.5 Å². The zero-order valence-corrected chi connectivity index (χ0v) is 15.0. The number of carbonyl (C=O) groups excluding carboxylic acids is 1. The van der Waals surface area contributed by atoms with E-state index >= 15 is 0 Å². The Bertz CT molecular complexity index is 860. The van der Waals surface area contributed by atoms with Crippen LogP contribution in [0.25, 0.3) is 11.3 Å². The molecule has 0 radical (unpaired) electrons. The SMILES string of the molecule is CN=c1scc(-c2ccc(O)c(C(N)=O)c2)n1/N=C\C1CCCCC1. The van der Waals surface area contributed by atoms with Gasteiger partial charge in [-0.05, 0) is 37.0 Å². The van der Waals surface area contributed by atoms with Gasteiger partial charge < -0.3 is 10.8 Å². The summed E-state index contributed by atoms with van der Waals surface area (Å²) in [6.07, 6.45) is 8.17. The predicted octanol–water partition coefficient (Wildman–Crippen LogP) is 2.97. The van der Waals surface area contributed by atoms with Gasteiger partial charge in [-0.2, -0.15) is 5.10 Å². The summed E-state index contributed by atoms with van der Waals surface area (Å²) in [5.74, 6) is -0.281. The number of nitrogens with two attached hydrogens (primary N) is 1. The van der Waals surface area contributed by atoms with Gasteiger partial charge in [-0.3, -0.25) is 9.79 Å². The summed E-state index contributed by atoms with van der Waals surface area (Å²) >= 11 is 1.48. The van der Waals surface area contributed by atoms with E-state index in [2.05, 4.69) is 10.1 Å². The minimum atomic E-state index is -0.660. The molecule has 1 aromatic heterocycles. The molecule has 3 N–H and O–H groups in total. The molecule has 0 aliphatic heterocycles. The summed E-state index contributed by atoms with van der Waals surface area (Å²) in [6.45, 7) is 0. The largest absolute Gasteiger partial charge is 0.507 e. The van der Waals surface area contributed by atoms with Gasteiger partial charge in [0.2, 0.25) is 4.80 Å². The molecule has 1 amide bonds. The van der Waals surface area contributed by atoms with E-state index in [1.54, 1.807) is 23.9 Å². The number of aromatic hydroxyl groups is 1. The summed E-state index contributed by atoms with van der Waals surface area (Å²) in [6, 6.07) is 4.81. The van der Waals surface area contributed by atoms with Crippen LogP contribution in [0.3, 0.4) is 0 Å². The first-order valence-corrected chi connectivity index (χ1v) is 9.29. The number of amides is 1. The highest BCUT2D eigenvalue weighted by atomic mass is 32.1.